The van der Waals surface area contributed by atoms with Gasteiger partial charge in [-0.1, -0.05) is 5.16 Å². The van der Waals surface area contributed by atoms with E-state index in [0.717, 1.165) is 45.9 Å². The summed E-state index contributed by atoms with van der Waals surface area (Å²) in [6.45, 7) is 0. The SMILES string of the molecule is Nc1noc2ccc(-c3nc4ccc5[nH]ncc5c4c4c3CCCC4)cc12. The van der Waals surface area contributed by atoms with Crippen molar-refractivity contribution in [2.24, 2.45) is 0 Å². The number of rotatable bonds is 1. The highest BCUT2D eigenvalue weighted by molar-refractivity contribution is 6.08. The lowest BCUT2D eigenvalue weighted by atomic mass is 9.85. The van der Waals surface area contributed by atoms with Gasteiger partial charge in [0, 0.05) is 16.3 Å². The number of pyridine rings is 1. The van der Waals surface area contributed by atoms with Crippen LogP contribution >= 0.6 is 0 Å². The zero-order chi connectivity index (χ0) is 18.0. The van der Waals surface area contributed by atoms with E-state index in [1.54, 1.807) is 0 Å². The normalized spacial score (nSPS) is 14.2. The van der Waals surface area contributed by atoms with Crippen molar-refractivity contribution in [1.82, 2.24) is 20.3 Å². The maximum atomic E-state index is 5.97. The Labute approximate surface area is 154 Å². The molecule has 0 saturated heterocycles. The number of aromatic nitrogens is 4. The standard InChI is InChI=1S/C21H17N5O/c22-21-14-9-11(5-8-18(14)27-26-21)20-13-4-2-1-3-12(13)19-15-10-23-25-16(15)6-7-17(19)24-20/h5-10H,1-4H2,(H2,22,26)(H,23,25). The smallest absolute Gasteiger partial charge is 0.174 e. The molecule has 1 aliphatic rings. The van der Waals surface area contributed by atoms with Crippen molar-refractivity contribution < 1.29 is 4.52 Å². The number of benzene rings is 2. The predicted molar refractivity (Wildman–Crippen MR) is 105 cm³/mol. The average molecular weight is 355 g/mol. The highest BCUT2D eigenvalue weighted by Gasteiger charge is 2.21. The van der Waals surface area contributed by atoms with E-state index in [2.05, 4.69) is 27.5 Å². The van der Waals surface area contributed by atoms with Crippen LogP contribution in [0.1, 0.15) is 24.0 Å². The third-order valence-electron chi connectivity index (χ3n) is 5.66. The Bertz CT molecular complexity index is 1350. The first-order valence-electron chi connectivity index (χ1n) is 9.22. The van der Waals surface area contributed by atoms with Crippen molar-refractivity contribution in [1.29, 1.82) is 0 Å². The third-order valence-corrected chi connectivity index (χ3v) is 5.66. The molecule has 2 aromatic carbocycles. The largest absolute Gasteiger partial charge is 0.380 e. The molecule has 0 unspecified atom stereocenters. The number of hydrogen-bond donors (Lipinski definition) is 2. The molecule has 0 amide bonds. The van der Waals surface area contributed by atoms with E-state index in [1.807, 2.05) is 24.4 Å². The molecule has 0 aliphatic heterocycles. The topological polar surface area (TPSA) is 93.6 Å². The lowest BCUT2D eigenvalue weighted by Crippen LogP contribution is -2.07. The van der Waals surface area contributed by atoms with Crippen molar-refractivity contribution in [3.05, 3.63) is 47.7 Å². The zero-order valence-electron chi connectivity index (χ0n) is 14.6. The van der Waals surface area contributed by atoms with Crippen molar-refractivity contribution >= 4 is 38.6 Å². The summed E-state index contributed by atoms with van der Waals surface area (Å²) in [5.74, 6) is 0.418. The average Bonchev–Trinajstić information content (AvgIpc) is 3.33. The van der Waals surface area contributed by atoms with Gasteiger partial charge in [-0.2, -0.15) is 5.10 Å². The van der Waals surface area contributed by atoms with Crippen LogP contribution in [0.4, 0.5) is 5.82 Å². The molecule has 6 nitrogen and oxygen atoms in total. The second-order valence-electron chi connectivity index (χ2n) is 7.19. The molecular weight excluding hydrogens is 338 g/mol. The summed E-state index contributed by atoms with van der Waals surface area (Å²) in [5, 5.41) is 14.4. The molecule has 27 heavy (non-hydrogen) atoms. The van der Waals surface area contributed by atoms with Crippen molar-refractivity contribution in [2.75, 3.05) is 5.73 Å². The summed E-state index contributed by atoms with van der Waals surface area (Å²) in [6, 6.07) is 10.2. The number of nitrogen functional groups attached to an aromatic ring is 1. The first-order valence-corrected chi connectivity index (χ1v) is 9.22. The number of nitrogens with zero attached hydrogens (tertiary/aromatic N) is 3. The minimum Gasteiger partial charge on any atom is -0.380 e. The van der Waals surface area contributed by atoms with Gasteiger partial charge in [-0.25, -0.2) is 4.98 Å². The van der Waals surface area contributed by atoms with Crippen LogP contribution in [0.15, 0.2) is 41.1 Å². The van der Waals surface area contributed by atoms with E-state index < -0.39 is 0 Å². The summed E-state index contributed by atoms with van der Waals surface area (Å²) >= 11 is 0. The third kappa shape index (κ3) is 2.04. The number of H-pyrrole nitrogens is 1. The Kier molecular flexibility index (Phi) is 2.89. The molecule has 3 aromatic heterocycles. The van der Waals surface area contributed by atoms with E-state index in [9.17, 15) is 0 Å². The lowest BCUT2D eigenvalue weighted by molar-refractivity contribution is 0.460. The molecule has 0 radical (unpaired) electrons. The molecule has 0 saturated carbocycles. The Morgan fingerprint density at radius 3 is 2.81 bits per heavy atom. The second-order valence-corrected chi connectivity index (χ2v) is 7.19. The van der Waals surface area contributed by atoms with Gasteiger partial charge in [-0.15, -0.1) is 0 Å². The number of fused-ring (bicyclic) bond motifs is 6. The highest BCUT2D eigenvalue weighted by Crippen LogP contribution is 2.38. The molecule has 6 rings (SSSR count). The van der Waals surface area contributed by atoms with E-state index in [4.69, 9.17) is 15.2 Å². The molecule has 0 bridgehead atoms. The Morgan fingerprint density at radius 2 is 1.89 bits per heavy atom. The molecular formula is C21H17N5O. The van der Waals surface area contributed by atoms with E-state index in [0.29, 0.717) is 11.4 Å². The zero-order valence-corrected chi connectivity index (χ0v) is 14.6. The van der Waals surface area contributed by atoms with Gasteiger partial charge in [0.05, 0.1) is 28.3 Å². The van der Waals surface area contributed by atoms with Crippen LogP contribution in [-0.4, -0.2) is 20.3 Å². The van der Waals surface area contributed by atoms with Crippen LogP contribution in [0.5, 0.6) is 0 Å². The van der Waals surface area contributed by atoms with Gasteiger partial charge in [0.15, 0.2) is 11.4 Å². The molecule has 0 fully saturated rings. The monoisotopic (exact) mass is 355 g/mol. The molecule has 0 atom stereocenters. The fraction of sp³-hybridized carbons (Fsp3) is 0.190. The Balaban J connectivity index is 1.71. The molecule has 3 heterocycles. The maximum absolute atomic E-state index is 5.97. The molecule has 132 valence electrons. The summed E-state index contributed by atoms with van der Waals surface area (Å²) in [6.07, 6.45) is 6.42. The first-order chi connectivity index (χ1) is 13.3. The van der Waals surface area contributed by atoms with Gasteiger partial charge in [0.1, 0.15) is 0 Å². The summed E-state index contributed by atoms with van der Waals surface area (Å²) < 4.78 is 5.26. The number of nitrogens with one attached hydrogen (secondary N) is 1. The Hall–Kier alpha value is -3.41. The van der Waals surface area contributed by atoms with Crippen LogP contribution in [-0.2, 0) is 12.8 Å². The van der Waals surface area contributed by atoms with Crippen molar-refractivity contribution in [3.8, 4) is 11.3 Å². The quantitative estimate of drug-likeness (QED) is 0.465. The van der Waals surface area contributed by atoms with Crippen LogP contribution in [0, 0.1) is 0 Å². The van der Waals surface area contributed by atoms with Gasteiger partial charge in [0.2, 0.25) is 0 Å². The van der Waals surface area contributed by atoms with Crippen LogP contribution in [0.3, 0.4) is 0 Å². The minimum atomic E-state index is 0.418. The van der Waals surface area contributed by atoms with Crippen molar-refractivity contribution in [2.45, 2.75) is 25.7 Å². The van der Waals surface area contributed by atoms with Crippen molar-refractivity contribution in [3.63, 3.8) is 0 Å². The predicted octanol–water partition coefficient (Wildman–Crippen LogP) is 4.38. The van der Waals surface area contributed by atoms with Gasteiger partial charge in [0.25, 0.3) is 0 Å². The van der Waals surface area contributed by atoms with Gasteiger partial charge in [-0.05, 0) is 67.1 Å². The number of hydrogen-bond acceptors (Lipinski definition) is 5. The van der Waals surface area contributed by atoms with Gasteiger partial charge in [-0.3, -0.25) is 5.10 Å². The maximum Gasteiger partial charge on any atom is 0.174 e. The van der Waals surface area contributed by atoms with Gasteiger partial charge < -0.3 is 10.3 Å². The lowest BCUT2D eigenvalue weighted by Gasteiger charge is -2.21. The number of aromatic amines is 1. The minimum absolute atomic E-state index is 0.418. The number of aryl methyl sites for hydroxylation is 1. The van der Waals surface area contributed by atoms with Crippen LogP contribution in [0.25, 0.3) is 44.0 Å². The van der Waals surface area contributed by atoms with Crippen LogP contribution in [0.2, 0.25) is 0 Å². The van der Waals surface area contributed by atoms with Gasteiger partial charge >= 0.3 is 0 Å². The molecule has 6 heteroatoms. The van der Waals surface area contributed by atoms with E-state index >= 15 is 0 Å². The first kappa shape index (κ1) is 14.7. The summed E-state index contributed by atoms with van der Waals surface area (Å²) in [7, 11) is 0. The van der Waals surface area contributed by atoms with E-state index in [1.165, 1.54) is 29.4 Å². The summed E-state index contributed by atoms with van der Waals surface area (Å²) in [5.41, 5.74) is 13.6. The number of nitrogens with two attached hydrogens (primary N) is 1. The molecule has 3 N–H and O–H groups in total. The highest BCUT2D eigenvalue weighted by atomic mass is 16.5. The fourth-order valence-corrected chi connectivity index (χ4v) is 4.39. The van der Waals surface area contributed by atoms with Crippen LogP contribution < -0.4 is 5.73 Å². The van der Waals surface area contributed by atoms with E-state index in [-0.39, 0.29) is 0 Å². The fourth-order valence-electron chi connectivity index (χ4n) is 4.39. The number of anilines is 1. The molecule has 5 aromatic rings. The molecule has 0 spiro atoms. The second kappa shape index (κ2) is 5.30. The summed E-state index contributed by atoms with van der Waals surface area (Å²) in [4.78, 5) is 5.08. The Morgan fingerprint density at radius 1 is 1.00 bits per heavy atom. The molecule has 1 aliphatic carbocycles.